The molecule has 86 valence electrons. The van der Waals surface area contributed by atoms with E-state index in [0.29, 0.717) is 13.0 Å². The van der Waals surface area contributed by atoms with Crippen LogP contribution in [0.2, 0.25) is 0 Å². The Morgan fingerprint density at radius 3 is 2.67 bits per heavy atom. The molecule has 0 aromatic carbocycles. The lowest BCUT2D eigenvalue weighted by atomic mass is 10.4. The monoisotopic (exact) mass is 224 g/mol. The van der Waals surface area contributed by atoms with Crippen molar-refractivity contribution in [2.24, 2.45) is 0 Å². The van der Waals surface area contributed by atoms with Crippen molar-refractivity contribution in [1.82, 2.24) is 20.5 Å². The molecule has 0 bridgehead atoms. The third kappa shape index (κ3) is 3.84. The van der Waals surface area contributed by atoms with Crippen molar-refractivity contribution in [2.75, 3.05) is 13.2 Å². The van der Waals surface area contributed by atoms with Gasteiger partial charge in [0.25, 0.3) is 5.82 Å². The number of alkyl halides is 3. The molecule has 0 aliphatic heterocycles. The van der Waals surface area contributed by atoms with Crippen LogP contribution in [0, 0.1) is 0 Å². The van der Waals surface area contributed by atoms with E-state index in [9.17, 15) is 13.2 Å². The largest absolute Gasteiger partial charge is 0.453 e. The molecule has 0 aliphatic rings. The number of aliphatic hydroxyl groups is 1. The molecule has 5 nitrogen and oxygen atoms in total. The van der Waals surface area contributed by atoms with Crippen molar-refractivity contribution in [2.45, 2.75) is 19.1 Å². The second kappa shape index (κ2) is 5.08. The molecule has 0 radical (unpaired) electrons. The van der Waals surface area contributed by atoms with E-state index in [1.165, 1.54) is 0 Å². The molecule has 0 saturated carbocycles. The summed E-state index contributed by atoms with van der Waals surface area (Å²) in [5.41, 5.74) is 0. The Hall–Kier alpha value is -1.15. The summed E-state index contributed by atoms with van der Waals surface area (Å²) in [6.07, 6.45) is -3.97. The number of aliphatic hydroxyl groups excluding tert-OH is 1. The van der Waals surface area contributed by atoms with Gasteiger partial charge in [-0.05, 0) is 13.0 Å². The molecular formula is C7H11F3N4O. The molecule has 0 atom stereocenters. The van der Waals surface area contributed by atoms with Crippen LogP contribution < -0.4 is 5.32 Å². The molecule has 0 unspecified atom stereocenters. The van der Waals surface area contributed by atoms with E-state index in [0.717, 1.165) is 0 Å². The zero-order valence-electron chi connectivity index (χ0n) is 7.80. The topological polar surface area (TPSA) is 73.8 Å². The summed E-state index contributed by atoms with van der Waals surface area (Å²) in [7, 11) is 0. The smallest absolute Gasteiger partial charge is 0.396 e. The number of halogens is 3. The molecule has 1 aromatic rings. The maximum atomic E-state index is 12.0. The first-order chi connectivity index (χ1) is 7.04. The average Bonchev–Trinajstić information content (AvgIpc) is 2.60. The molecule has 15 heavy (non-hydrogen) atoms. The van der Waals surface area contributed by atoms with Crippen LogP contribution in [0.1, 0.15) is 18.1 Å². The van der Waals surface area contributed by atoms with Crippen LogP contribution in [0.3, 0.4) is 0 Å². The third-order valence-electron chi connectivity index (χ3n) is 1.59. The van der Waals surface area contributed by atoms with E-state index >= 15 is 0 Å². The predicted octanol–water partition coefficient (Wildman–Crippen LogP) is 0.295. The minimum absolute atomic E-state index is 0.0389. The first-order valence-electron chi connectivity index (χ1n) is 4.34. The SMILES string of the molecule is OCCCNCc1nc(C(F)(F)F)n[nH]1. The highest BCUT2D eigenvalue weighted by molar-refractivity contribution is 4.93. The molecule has 0 amide bonds. The van der Waals surface area contributed by atoms with Gasteiger partial charge in [0, 0.05) is 6.61 Å². The Bertz CT molecular complexity index is 299. The summed E-state index contributed by atoms with van der Waals surface area (Å²) < 4.78 is 36.1. The van der Waals surface area contributed by atoms with Crippen LogP contribution >= 0.6 is 0 Å². The van der Waals surface area contributed by atoms with Crippen molar-refractivity contribution >= 4 is 0 Å². The van der Waals surface area contributed by atoms with Gasteiger partial charge in [-0.2, -0.15) is 13.2 Å². The number of hydrogen-bond acceptors (Lipinski definition) is 4. The minimum atomic E-state index is -4.51. The number of nitrogens with zero attached hydrogens (tertiary/aromatic N) is 2. The molecule has 0 saturated heterocycles. The van der Waals surface area contributed by atoms with E-state index in [-0.39, 0.29) is 19.0 Å². The highest BCUT2D eigenvalue weighted by atomic mass is 19.4. The second-order valence-corrected chi connectivity index (χ2v) is 2.86. The molecule has 1 aromatic heterocycles. The summed E-state index contributed by atoms with van der Waals surface area (Å²) in [5.74, 6) is -1.04. The summed E-state index contributed by atoms with van der Waals surface area (Å²) >= 11 is 0. The van der Waals surface area contributed by atoms with Crippen LogP contribution in [0.4, 0.5) is 13.2 Å². The molecule has 0 fully saturated rings. The van der Waals surface area contributed by atoms with E-state index in [1.54, 1.807) is 0 Å². The first-order valence-corrected chi connectivity index (χ1v) is 4.34. The van der Waals surface area contributed by atoms with E-state index < -0.39 is 12.0 Å². The van der Waals surface area contributed by atoms with Gasteiger partial charge in [-0.3, -0.25) is 5.10 Å². The fourth-order valence-corrected chi connectivity index (χ4v) is 0.912. The third-order valence-corrected chi connectivity index (χ3v) is 1.59. The van der Waals surface area contributed by atoms with Crippen molar-refractivity contribution in [3.05, 3.63) is 11.6 Å². The number of aromatic amines is 1. The van der Waals surface area contributed by atoms with Gasteiger partial charge in [-0.1, -0.05) is 0 Å². The Morgan fingerprint density at radius 1 is 1.40 bits per heavy atom. The lowest BCUT2D eigenvalue weighted by Gasteiger charge is -1.99. The Kier molecular flexibility index (Phi) is 4.04. The minimum Gasteiger partial charge on any atom is -0.396 e. The molecule has 0 aliphatic carbocycles. The van der Waals surface area contributed by atoms with Gasteiger partial charge in [-0.25, -0.2) is 4.98 Å². The normalized spacial score (nSPS) is 12.0. The van der Waals surface area contributed by atoms with Crippen LogP contribution in [0.25, 0.3) is 0 Å². The highest BCUT2D eigenvalue weighted by Crippen LogP contribution is 2.25. The van der Waals surface area contributed by atoms with Gasteiger partial charge in [0.2, 0.25) is 0 Å². The molecule has 3 N–H and O–H groups in total. The number of rotatable bonds is 5. The van der Waals surface area contributed by atoms with Gasteiger partial charge in [-0.15, -0.1) is 5.10 Å². The summed E-state index contributed by atoms with van der Waals surface area (Å²) in [6, 6.07) is 0. The van der Waals surface area contributed by atoms with Crippen molar-refractivity contribution in [1.29, 1.82) is 0 Å². The lowest BCUT2D eigenvalue weighted by molar-refractivity contribution is -0.144. The Balaban J connectivity index is 2.40. The zero-order valence-corrected chi connectivity index (χ0v) is 7.80. The number of aromatic nitrogens is 3. The molecular weight excluding hydrogens is 213 g/mol. The van der Waals surface area contributed by atoms with Gasteiger partial charge in [0.15, 0.2) is 0 Å². The first kappa shape index (κ1) is 11.9. The van der Waals surface area contributed by atoms with Crippen molar-refractivity contribution < 1.29 is 18.3 Å². The van der Waals surface area contributed by atoms with E-state index in [1.807, 2.05) is 0 Å². The maximum absolute atomic E-state index is 12.0. The number of hydrogen-bond donors (Lipinski definition) is 3. The second-order valence-electron chi connectivity index (χ2n) is 2.86. The van der Waals surface area contributed by atoms with Crippen LogP contribution in [0.15, 0.2) is 0 Å². The van der Waals surface area contributed by atoms with E-state index in [2.05, 4.69) is 20.5 Å². The predicted molar refractivity (Wildman–Crippen MR) is 44.8 cm³/mol. The summed E-state index contributed by atoms with van der Waals surface area (Å²) in [5, 5.41) is 16.5. The van der Waals surface area contributed by atoms with E-state index in [4.69, 9.17) is 5.11 Å². The van der Waals surface area contributed by atoms with Crippen LogP contribution in [0.5, 0.6) is 0 Å². The number of H-pyrrole nitrogens is 1. The standard InChI is InChI=1S/C7H11F3N4O/c8-7(9,10)6-12-5(13-14-6)4-11-2-1-3-15/h11,15H,1-4H2,(H,12,13,14). The highest BCUT2D eigenvalue weighted by Gasteiger charge is 2.35. The van der Waals surface area contributed by atoms with Gasteiger partial charge in [0.1, 0.15) is 5.82 Å². The zero-order chi connectivity index (χ0) is 11.3. The Labute approximate surface area is 83.7 Å². The fraction of sp³-hybridized carbons (Fsp3) is 0.714. The van der Waals surface area contributed by atoms with Gasteiger partial charge < -0.3 is 10.4 Å². The molecule has 1 rings (SSSR count). The molecule has 8 heteroatoms. The average molecular weight is 224 g/mol. The molecule has 1 heterocycles. The van der Waals surface area contributed by atoms with Crippen molar-refractivity contribution in [3.63, 3.8) is 0 Å². The fourth-order valence-electron chi connectivity index (χ4n) is 0.912. The maximum Gasteiger partial charge on any atom is 0.453 e. The number of nitrogens with one attached hydrogen (secondary N) is 2. The summed E-state index contributed by atoms with van der Waals surface area (Å²) in [6.45, 7) is 0.721. The lowest BCUT2D eigenvalue weighted by Crippen LogP contribution is -2.16. The van der Waals surface area contributed by atoms with Crippen LogP contribution in [-0.4, -0.2) is 33.4 Å². The van der Waals surface area contributed by atoms with Gasteiger partial charge in [0.05, 0.1) is 6.54 Å². The van der Waals surface area contributed by atoms with Gasteiger partial charge >= 0.3 is 6.18 Å². The molecule has 0 spiro atoms. The quantitative estimate of drug-likeness (QED) is 0.629. The Morgan fingerprint density at radius 2 is 2.13 bits per heavy atom. The summed E-state index contributed by atoms with van der Waals surface area (Å²) in [4.78, 5) is 3.26. The van der Waals surface area contributed by atoms with Crippen molar-refractivity contribution in [3.8, 4) is 0 Å². The van der Waals surface area contributed by atoms with Crippen LogP contribution in [-0.2, 0) is 12.7 Å².